The summed E-state index contributed by atoms with van der Waals surface area (Å²) in [6.07, 6.45) is 0. The molecule has 5 rings (SSSR count). The quantitative estimate of drug-likeness (QED) is 0.716. The maximum Gasteiger partial charge on any atom is 0.254 e. The lowest BCUT2D eigenvalue weighted by Gasteiger charge is -2.36. The third-order valence-corrected chi connectivity index (χ3v) is 9.45. The molecule has 0 aromatic heterocycles. The first kappa shape index (κ1) is 22.2. The molecule has 10 heteroatoms. The number of piperazine rings is 1. The Balaban J connectivity index is 1.25. The van der Waals surface area contributed by atoms with E-state index < -0.39 is 9.84 Å². The molecular weight excluding hydrogens is 463 g/mol. The SMILES string of the molecule is Cc1ccc(C(=O)N2CCN(c3ccccc3F)CC2)cc1NC1=N[C@H]2CS(=O)(=O)C[C@H]2S1. The minimum Gasteiger partial charge on any atom is -0.366 e. The largest absolute Gasteiger partial charge is 0.366 e. The summed E-state index contributed by atoms with van der Waals surface area (Å²) in [7, 11) is -2.99. The Morgan fingerprint density at radius 3 is 2.61 bits per heavy atom. The zero-order valence-electron chi connectivity index (χ0n) is 18.2. The van der Waals surface area contributed by atoms with Crippen molar-refractivity contribution in [1.82, 2.24) is 4.90 Å². The second-order valence-corrected chi connectivity index (χ2v) is 12.0. The fourth-order valence-electron chi connectivity index (χ4n) is 4.46. The molecular formula is C23H25FN4O3S2. The average molecular weight is 489 g/mol. The zero-order chi connectivity index (χ0) is 23.2. The molecule has 0 bridgehead atoms. The fourth-order valence-corrected chi connectivity index (χ4v) is 8.13. The van der Waals surface area contributed by atoms with Crippen LogP contribution in [0.15, 0.2) is 47.5 Å². The number of para-hydroxylation sites is 1. The van der Waals surface area contributed by atoms with E-state index in [0.717, 1.165) is 11.3 Å². The van der Waals surface area contributed by atoms with Crippen LogP contribution in [-0.4, -0.2) is 73.4 Å². The molecule has 1 amide bonds. The van der Waals surface area contributed by atoms with E-state index in [1.165, 1.54) is 17.8 Å². The summed E-state index contributed by atoms with van der Waals surface area (Å²) < 4.78 is 37.7. The number of sulfone groups is 1. The van der Waals surface area contributed by atoms with Crippen LogP contribution in [-0.2, 0) is 9.84 Å². The molecule has 0 spiro atoms. The second-order valence-electron chi connectivity index (χ2n) is 8.62. The zero-order valence-corrected chi connectivity index (χ0v) is 19.8. The number of amidine groups is 1. The highest BCUT2D eigenvalue weighted by Crippen LogP contribution is 2.35. The standard InChI is InChI=1S/C23H25FN4O3S2/c1-15-6-7-16(12-18(15)25-23-26-19-13-33(30,31)14-21(19)32-23)22(29)28-10-8-27(9-11-28)20-5-3-2-4-17(20)24/h2-7,12,19,21H,8-11,13-14H2,1H3,(H,25,26)/t19-,21+/m0/s1. The summed E-state index contributed by atoms with van der Waals surface area (Å²) in [4.78, 5) is 21.5. The number of aliphatic imine (C=N–C) groups is 1. The Bertz CT molecular complexity index is 1230. The van der Waals surface area contributed by atoms with Gasteiger partial charge in [0.05, 0.1) is 23.2 Å². The van der Waals surface area contributed by atoms with Crippen molar-refractivity contribution < 1.29 is 17.6 Å². The number of thioether (sulfide) groups is 1. The topological polar surface area (TPSA) is 82.1 Å². The lowest BCUT2D eigenvalue weighted by Crippen LogP contribution is -2.49. The number of nitrogens with zero attached hydrogens (tertiary/aromatic N) is 3. The second kappa shape index (κ2) is 8.64. The van der Waals surface area contributed by atoms with E-state index in [9.17, 15) is 17.6 Å². The molecule has 33 heavy (non-hydrogen) atoms. The van der Waals surface area contributed by atoms with E-state index in [0.29, 0.717) is 42.6 Å². The predicted octanol–water partition coefficient (Wildman–Crippen LogP) is 2.78. The summed E-state index contributed by atoms with van der Waals surface area (Å²) >= 11 is 1.46. The van der Waals surface area contributed by atoms with Gasteiger partial charge in [-0.25, -0.2) is 12.8 Å². The summed E-state index contributed by atoms with van der Waals surface area (Å²) in [6.45, 7) is 4.13. The van der Waals surface area contributed by atoms with Gasteiger partial charge in [-0.1, -0.05) is 30.0 Å². The Hall–Kier alpha value is -2.59. The first-order valence-electron chi connectivity index (χ1n) is 10.9. The van der Waals surface area contributed by atoms with Crippen molar-refractivity contribution in [2.24, 2.45) is 4.99 Å². The van der Waals surface area contributed by atoms with E-state index >= 15 is 0 Å². The number of hydrogen-bond donors (Lipinski definition) is 1. The monoisotopic (exact) mass is 488 g/mol. The summed E-state index contributed by atoms with van der Waals surface area (Å²) in [5.41, 5.74) is 2.91. The third kappa shape index (κ3) is 4.59. The van der Waals surface area contributed by atoms with Crippen LogP contribution in [0.5, 0.6) is 0 Å². The van der Waals surface area contributed by atoms with E-state index in [-0.39, 0.29) is 34.5 Å². The van der Waals surface area contributed by atoms with Crippen molar-refractivity contribution >= 4 is 44.0 Å². The highest BCUT2D eigenvalue weighted by molar-refractivity contribution is 8.15. The van der Waals surface area contributed by atoms with Gasteiger partial charge in [-0.15, -0.1) is 0 Å². The van der Waals surface area contributed by atoms with E-state index in [2.05, 4.69) is 10.3 Å². The van der Waals surface area contributed by atoms with Gasteiger partial charge >= 0.3 is 0 Å². The molecule has 2 saturated heterocycles. The molecule has 3 heterocycles. The normalized spacial score (nSPS) is 23.9. The minimum atomic E-state index is -2.99. The van der Waals surface area contributed by atoms with Crippen LogP contribution < -0.4 is 10.2 Å². The van der Waals surface area contributed by atoms with Gasteiger partial charge in [0.1, 0.15) is 5.82 Å². The van der Waals surface area contributed by atoms with Crippen molar-refractivity contribution in [3.8, 4) is 0 Å². The van der Waals surface area contributed by atoms with Crippen LogP contribution in [0.1, 0.15) is 15.9 Å². The number of rotatable bonds is 3. The number of carbonyl (C=O) groups is 1. The summed E-state index contributed by atoms with van der Waals surface area (Å²) in [5, 5.41) is 3.96. The maximum absolute atomic E-state index is 14.1. The number of nitrogens with one attached hydrogen (secondary N) is 1. The van der Waals surface area contributed by atoms with Gasteiger partial charge in [-0.2, -0.15) is 0 Å². The van der Waals surface area contributed by atoms with Gasteiger partial charge in [-0.3, -0.25) is 9.79 Å². The van der Waals surface area contributed by atoms with Gasteiger partial charge in [0.15, 0.2) is 15.0 Å². The Morgan fingerprint density at radius 2 is 1.88 bits per heavy atom. The van der Waals surface area contributed by atoms with E-state index in [1.54, 1.807) is 17.0 Å². The van der Waals surface area contributed by atoms with Crippen molar-refractivity contribution in [2.45, 2.75) is 18.2 Å². The van der Waals surface area contributed by atoms with Crippen molar-refractivity contribution in [1.29, 1.82) is 0 Å². The minimum absolute atomic E-state index is 0.0339. The molecule has 0 aliphatic carbocycles. The number of amides is 1. The molecule has 2 aromatic carbocycles. The first-order valence-corrected chi connectivity index (χ1v) is 13.6. The Kier molecular flexibility index (Phi) is 5.82. The van der Waals surface area contributed by atoms with Crippen molar-refractivity contribution in [3.05, 3.63) is 59.4 Å². The number of benzene rings is 2. The molecule has 2 aromatic rings. The molecule has 174 valence electrons. The van der Waals surface area contributed by atoms with Gasteiger partial charge < -0.3 is 15.1 Å². The average Bonchev–Trinajstić information content (AvgIpc) is 3.28. The molecule has 0 saturated carbocycles. The molecule has 0 radical (unpaired) electrons. The number of carbonyl (C=O) groups excluding carboxylic acids is 1. The van der Waals surface area contributed by atoms with Crippen molar-refractivity contribution in [2.75, 3.05) is 47.9 Å². The number of anilines is 2. The molecule has 3 aliphatic heterocycles. The van der Waals surface area contributed by atoms with Crippen LogP contribution >= 0.6 is 11.8 Å². The number of aryl methyl sites for hydroxylation is 1. The molecule has 0 unspecified atom stereocenters. The molecule has 2 fully saturated rings. The van der Waals surface area contributed by atoms with E-state index in [1.807, 2.05) is 36.1 Å². The maximum atomic E-state index is 14.1. The van der Waals surface area contributed by atoms with E-state index in [4.69, 9.17) is 0 Å². The van der Waals surface area contributed by atoms with Crippen LogP contribution in [0.2, 0.25) is 0 Å². The van der Waals surface area contributed by atoms with Gasteiger partial charge in [-0.05, 0) is 36.8 Å². The fraction of sp³-hybridized carbons (Fsp3) is 0.391. The molecule has 3 aliphatic rings. The molecule has 1 N–H and O–H groups in total. The Morgan fingerprint density at radius 1 is 1.12 bits per heavy atom. The number of fused-ring (bicyclic) bond motifs is 1. The lowest BCUT2D eigenvalue weighted by molar-refractivity contribution is 0.0746. The van der Waals surface area contributed by atoms with Crippen LogP contribution in [0.25, 0.3) is 0 Å². The van der Waals surface area contributed by atoms with Crippen LogP contribution in [0, 0.1) is 12.7 Å². The molecule has 2 atom stereocenters. The summed E-state index contributed by atoms with van der Waals surface area (Å²) in [5.74, 6) is -0.0456. The predicted molar refractivity (Wildman–Crippen MR) is 131 cm³/mol. The van der Waals surface area contributed by atoms with Gasteiger partial charge in [0.2, 0.25) is 0 Å². The first-order chi connectivity index (χ1) is 15.8. The third-order valence-electron chi connectivity index (χ3n) is 6.30. The highest BCUT2D eigenvalue weighted by atomic mass is 32.2. The number of halogens is 1. The smallest absolute Gasteiger partial charge is 0.254 e. The van der Waals surface area contributed by atoms with Gasteiger partial charge in [0.25, 0.3) is 5.91 Å². The Labute approximate surface area is 197 Å². The number of hydrogen-bond acceptors (Lipinski definition) is 7. The van der Waals surface area contributed by atoms with Crippen LogP contribution in [0.4, 0.5) is 15.8 Å². The van der Waals surface area contributed by atoms with Gasteiger partial charge in [0, 0.05) is 42.7 Å². The van der Waals surface area contributed by atoms with Crippen LogP contribution in [0.3, 0.4) is 0 Å². The summed E-state index contributed by atoms with van der Waals surface area (Å²) in [6, 6.07) is 12.0. The molecule has 7 nitrogen and oxygen atoms in total. The lowest BCUT2D eigenvalue weighted by atomic mass is 10.1. The highest BCUT2D eigenvalue weighted by Gasteiger charge is 2.42. The van der Waals surface area contributed by atoms with Crippen molar-refractivity contribution in [3.63, 3.8) is 0 Å².